The quantitative estimate of drug-likeness (QED) is 0.474. The molecule has 0 bridgehead atoms. The van der Waals surface area contributed by atoms with E-state index < -0.39 is 20.0 Å². The van der Waals surface area contributed by atoms with Gasteiger partial charge in [0.15, 0.2) is 0 Å². The summed E-state index contributed by atoms with van der Waals surface area (Å²) in [5, 5.41) is 2.73. The molecule has 1 saturated heterocycles. The lowest BCUT2D eigenvalue weighted by Gasteiger charge is -2.24. The van der Waals surface area contributed by atoms with Crippen molar-refractivity contribution in [3.8, 4) is 11.5 Å². The minimum atomic E-state index is -1.56. The number of imide groups is 1. The van der Waals surface area contributed by atoms with Gasteiger partial charge in [-0.3, -0.25) is 24.3 Å². The Morgan fingerprint density at radius 2 is 1.96 bits per heavy atom. The fourth-order valence-corrected chi connectivity index (χ4v) is 3.49. The standard InChI is InChI=1S/C19H21N3O3Si/c1-12-20-17-13(10-11-26(2,3)4)6-5-7-14(17)19(25)22(12)15-8-9-16(23)21-18(15)24/h5-7,15H,8-9H2,1-4H3,(H,21,23,24). The molecule has 26 heavy (non-hydrogen) atoms. The van der Waals surface area contributed by atoms with E-state index in [0.29, 0.717) is 23.1 Å². The summed E-state index contributed by atoms with van der Waals surface area (Å²) < 4.78 is 1.39. The van der Waals surface area contributed by atoms with Crippen LogP contribution < -0.4 is 10.9 Å². The molecule has 2 aromatic rings. The predicted molar refractivity (Wildman–Crippen MR) is 102 cm³/mol. The van der Waals surface area contributed by atoms with Crippen molar-refractivity contribution in [1.29, 1.82) is 0 Å². The van der Waals surface area contributed by atoms with Crippen LogP contribution in [0.15, 0.2) is 23.0 Å². The van der Waals surface area contributed by atoms with Crippen LogP contribution >= 0.6 is 0 Å². The van der Waals surface area contributed by atoms with E-state index in [0.717, 1.165) is 5.56 Å². The van der Waals surface area contributed by atoms with E-state index >= 15 is 0 Å². The molecule has 1 N–H and O–H groups in total. The third-order valence-electron chi connectivity index (χ3n) is 4.20. The molecular formula is C19H21N3O3Si. The third kappa shape index (κ3) is 3.46. The number of nitrogens with one attached hydrogen (secondary N) is 1. The van der Waals surface area contributed by atoms with Crippen molar-refractivity contribution in [3.05, 3.63) is 39.9 Å². The molecule has 1 aliphatic heterocycles. The zero-order chi connectivity index (χ0) is 19.1. The van der Waals surface area contributed by atoms with E-state index in [-0.39, 0.29) is 17.9 Å². The maximum absolute atomic E-state index is 13.0. The number of carbonyl (C=O) groups excluding carboxylic acids is 2. The number of nitrogens with zero attached hydrogens (tertiary/aromatic N) is 2. The monoisotopic (exact) mass is 367 g/mol. The summed E-state index contributed by atoms with van der Waals surface area (Å²) in [7, 11) is -1.56. The summed E-state index contributed by atoms with van der Waals surface area (Å²) in [6.07, 6.45) is 0.510. The molecule has 134 valence electrons. The van der Waals surface area contributed by atoms with Gasteiger partial charge in [0.2, 0.25) is 11.8 Å². The van der Waals surface area contributed by atoms with Gasteiger partial charge in [0.1, 0.15) is 19.9 Å². The Morgan fingerprint density at radius 3 is 2.62 bits per heavy atom. The molecule has 1 aromatic heterocycles. The van der Waals surface area contributed by atoms with Crippen LogP contribution in [-0.2, 0) is 9.59 Å². The number of benzene rings is 1. The number of hydrogen-bond donors (Lipinski definition) is 1. The highest BCUT2D eigenvalue weighted by Crippen LogP contribution is 2.21. The van der Waals surface area contributed by atoms with Gasteiger partial charge in [0.05, 0.1) is 16.5 Å². The molecular weight excluding hydrogens is 346 g/mol. The van der Waals surface area contributed by atoms with Crippen LogP contribution in [0.3, 0.4) is 0 Å². The number of para-hydroxylation sites is 1. The van der Waals surface area contributed by atoms with Gasteiger partial charge in [-0.05, 0) is 25.5 Å². The lowest BCUT2D eigenvalue weighted by atomic mass is 10.0. The fraction of sp³-hybridized carbons (Fsp3) is 0.368. The average molecular weight is 367 g/mol. The minimum Gasteiger partial charge on any atom is -0.295 e. The maximum atomic E-state index is 13.0. The largest absolute Gasteiger partial charge is 0.295 e. The number of hydrogen-bond acceptors (Lipinski definition) is 4. The van der Waals surface area contributed by atoms with Crippen molar-refractivity contribution in [2.24, 2.45) is 0 Å². The van der Waals surface area contributed by atoms with Gasteiger partial charge in [0, 0.05) is 6.42 Å². The van der Waals surface area contributed by atoms with E-state index in [1.807, 2.05) is 6.07 Å². The molecule has 0 radical (unpaired) electrons. The highest BCUT2D eigenvalue weighted by Gasteiger charge is 2.30. The first kappa shape index (κ1) is 18.1. The first-order chi connectivity index (χ1) is 12.2. The Hall–Kier alpha value is -2.72. The van der Waals surface area contributed by atoms with E-state index in [1.165, 1.54) is 4.57 Å². The summed E-state index contributed by atoms with van der Waals surface area (Å²) >= 11 is 0. The van der Waals surface area contributed by atoms with Gasteiger partial charge in [-0.2, -0.15) is 0 Å². The molecule has 1 fully saturated rings. The summed E-state index contributed by atoms with van der Waals surface area (Å²) in [5.41, 5.74) is 4.30. The van der Waals surface area contributed by atoms with Crippen molar-refractivity contribution in [2.75, 3.05) is 0 Å². The maximum Gasteiger partial charge on any atom is 0.262 e. The molecule has 7 heteroatoms. The molecule has 0 spiro atoms. The third-order valence-corrected chi connectivity index (χ3v) is 5.08. The van der Waals surface area contributed by atoms with Crippen LogP contribution in [0.5, 0.6) is 0 Å². The molecule has 3 rings (SSSR count). The van der Waals surface area contributed by atoms with Gasteiger partial charge >= 0.3 is 0 Å². The van der Waals surface area contributed by atoms with Gasteiger partial charge in [-0.1, -0.05) is 31.6 Å². The molecule has 1 unspecified atom stereocenters. The average Bonchev–Trinajstić information content (AvgIpc) is 2.54. The molecule has 1 atom stereocenters. The van der Waals surface area contributed by atoms with E-state index in [9.17, 15) is 14.4 Å². The van der Waals surface area contributed by atoms with Crippen molar-refractivity contribution in [2.45, 2.75) is 45.4 Å². The lowest BCUT2D eigenvalue weighted by Crippen LogP contribution is -2.45. The summed E-state index contributed by atoms with van der Waals surface area (Å²) in [6.45, 7) is 8.16. The Bertz CT molecular complexity index is 1040. The summed E-state index contributed by atoms with van der Waals surface area (Å²) in [4.78, 5) is 41.2. The first-order valence-corrected chi connectivity index (χ1v) is 12.1. The molecule has 1 aromatic carbocycles. The Morgan fingerprint density at radius 1 is 1.23 bits per heavy atom. The molecule has 0 saturated carbocycles. The number of aryl methyl sites for hydroxylation is 1. The van der Waals surface area contributed by atoms with Gasteiger partial charge in [-0.15, -0.1) is 5.54 Å². The number of carbonyl (C=O) groups is 2. The highest BCUT2D eigenvalue weighted by molar-refractivity contribution is 6.83. The van der Waals surface area contributed by atoms with Crippen LogP contribution in [0.2, 0.25) is 19.6 Å². The van der Waals surface area contributed by atoms with Crippen LogP contribution in [-0.4, -0.2) is 29.4 Å². The van der Waals surface area contributed by atoms with Crippen molar-refractivity contribution in [3.63, 3.8) is 0 Å². The Labute approximate surface area is 152 Å². The molecule has 0 aliphatic carbocycles. The molecule has 2 heterocycles. The zero-order valence-electron chi connectivity index (χ0n) is 15.3. The topological polar surface area (TPSA) is 81.1 Å². The van der Waals surface area contributed by atoms with Crippen LogP contribution in [0, 0.1) is 18.4 Å². The molecule has 2 amide bonds. The lowest BCUT2D eigenvalue weighted by molar-refractivity contribution is -0.135. The predicted octanol–water partition coefficient (Wildman–Crippen LogP) is 1.91. The zero-order valence-corrected chi connectivity index (χ0v) is 16.3. The second kappa shape index (κ2) is 6.54. The number of fused-ring (bicyclic) bond motifs is 1. The van der Waals surface area contributed by atoms with Crippen molar-refractivity contribution in [1.82, 2.24) is 14.9 Å². The smallest absolute Gasteiger partial charge is 0.262 e. The SMILES string of the molecule is Cc1nc2c(C#C[Si](C)(C)C)cccc2c(=O)n1C1CCC(=O)NC1=O. The summed E-state index contributed by atoms with van der Waals surface area (Å²) in [5.74, 6) is 2.85. The van der Waals surface area contributed by atoms with E-state index in [4.69, 9.17) is 0 Å². The first-order valence-electron chi connectivity index (χ1n) is 8.56. The molecule has 6 nitrogen and oxygen atoms in total. The number of rotatable bonds is 1. The van der Waals surface area contributed by atoms with Gasteiger partial charge < -0.3 is 0 Å². The number of amides is 2. The van der Waals surface area contributed by atoms with E-state index in [1.54, 1.807) is 19.1 Å². The van der Waals surface area contributed by atoms with Gasteiger partial charge in [-0.25, -0.2) is 4.98 Å². The Kier molecular flexibility index (Phi) is 4.55. The second-order valence-corrected chi connectivity index (χ2v) is 12.3. The summed E-state index contributed by atoms with van der Waals surface area (Å²) in [6, 6.07) is 4.63. The van der Waals surface area contributed by atoms with Crippen LogP contribution in [0.25, 0.3) is 10.9 Å². The van der Waals surface area contributed by atoms with Gasteiger partial charge in [0.25, 0.3) is 5.56 Å². The highest BCUT2D eigenvalue weighted by atomic mass is 28.3. The Balaban J connectivity index is 2.18. The normalized spacial score (nSPS) is 17.6. The van der Waals surface area contributed by atoms with Crippen LogP contribution in [0.1, 0.15) is 30.3 Å². The van der Waals surface area contributed by atoms with Crippen LogP contribution in [0.4, 0.5) is 0 Å². The second-order valence-electron chi connectivity index (χ2n) is 7.50. The van der Waals surface area contributed by atoms with E-state index in [2.05, 4.69) is 41.4 Å². The van der Waals surface area contributed by atoms with Crippen molar-refractivity contribution < 1.29 is 9.59 Å². The number of piperidine rings is 1. The fourth-order valence-electron chi connectivity index (χ4n) is 2.98. The minimum absolute atomic E-state index is 0.210. The molecule has 1 aliphatic rings. The van der Waals surface area contributed by atoms with Crippen molar-refractivity contribution >= 4 is 30.8 Å². The number of aromatic nitrogens is 2.